The van der Waals surface area contributed by atoms with Crippen molar-refractivity contribution in [3.05, 3.63) is 26.9 Å². The molecule has 0 aliphatic carbocycles. The Bertz CT molecular complexity index is 230. The standard InChI is InChI=1S/C7H8Br2N2/c8-6-3-5(1-2-10)4-7(9)11-6/h3-4H,1-2,10H2. The van der Waals surface area contributed by atoms with Gasteiger partial charge in [-0.1, -0.05) is 0 Å². The van der Waals surface area contributed by atoms with Crippen LogP contribution in [-0.2, 0) is 6.42 Å². The van der Waals surface area contributed by atoms with Gasteiger partial charge < -0.3 is 5.73 Å². The fourth-order valence-corrected chi connectivity index (χ4v) is 2.03. The molecule has 11 heavy (non-hydrogen) atoms. The zero-order valence-corrected chi connectivity index (χ0v) is 9.02. The molecule has 0 spiro atoms. The Labute approximate surface area is 82.5 Å². The summed E-state index contributed by atoms with van der Waals surface area (Å²) in [5.74, 6) is 0. The molecule has 0 aliphatic heterocycles. The minimum Gasteiger partial charge on any atom is -0.330 e. The Morgan fingerprint density at radius 1 is 1.27 bits per heavy atom. The summed E-state index contributed by atoms with van der Waals surface area (Å²) in [7, 11) is 0. The van der Waals surface area contributed by atoms with Crippen LogP contribution in [0, 0.1) is 0 Å². The molecular formula is C7H8Br2N2. The van der Waals surface area contributed by atoms with Gasteiger partial charge in [0.25, 0.3) is 0 Å². The first-order valence-electron chi connectivity index (χ1n) is 3.24. The first kappa shape index (κ1) is 9.16. The average Bonchev–Trinajstić information content (AvgIpc) is 1.85. The van der Waals surface area contributed by atoms with E-state index in [0.717, 1.165) is 15.6 Å². The van der Waals surface area contributed by atoms with E-state index in [1.807, 2.05) is 12.1 Å². The molecule has 0 amide bonds. The second kappa shape index (κ2) is 4.18. The van der Waals surface area contributed by atoms with E-state index in [1.165, 1.54) is 5.56 Å². The van der Waals surface area contributed by atoms with Gasteiger partial charge in [0.1, 0.15) is 9.21 Å². The Morgan fingerprint density at radius 2 is 1.82 bits per heavy atom. The average molecular weight is 280 g/mol. The maximum absolute atomic E-state index is 5.41. The number of aromatic nitrogens is 1. The monoisotopic (exact) mass is 278 g/mol. The molecule has 0 saturated carbocycles. The van der Waals surface area contributed by atoms with Gasteiger partial charge in [0.05, 0.1) is 0 Å². The fourth-order valence-electron chi connectivity index (χ4n) is 0.825. The van der Waals surface area contributed by atoms with Crippen molar-refractivity contribution in [3.8, 4) is 0 Å². The van der Waals surface area contributed by atoms with Gasteiger partial charge in [0.15, 0.2) is 0 Å². The smallest absolute Gasteiger partial charge is 0.107 e. The molecule has 0 radical (unpaired) electrons. The SMILES string of the molecule is NCCc1cc(Br)nc(Br)c1. The highest BCUT2D eigenvalue weighted by molar-refractivity contribution is 9.11. The third kappa shape index (κ3) is 2.89. The molecule has 0 fully saturated rings. The number of pyridine rings is 1. The van der Waals surface area contributed by atoms with Gasteiger partial charge in [0.2, 0.25) is 0 Å². The summed E-state index contributed by atoms with van der Waals surface area (Å²) in [6, 6.07) is 3.94. The lowest BCUT2D eigenvalue weighted by molar-refractivity contribution is 0.958. The van der Waals surface area contributed by atoms with E-state index < -0.39 is 0 Å². The van der Waals surface area contributed by atoms with Crippen LogP contribution in [0.5, 0.6) is 0 Å². The topological polar surface area (TPSA) is 38.9 Å². The van der Waals surface area contributed by atoms with E-state index in [1.54, 1.807) is 0 Å². The normalized spacial score (nSPS) is 10.1. The van der Waals surface area contributed by atoms with Crippen molar-refractivity contribution in [1.29, 1.82) is 0 Å². The van der Waals surface area contributed by atoms with Gasteiger partial charge in [-0.05, 0) is 62.5 Å². The van der Waals surface area contributed by atoms with Crippen molar-refractivity contribution in [2.75, 3.05) is 6.54 Å². The van der Waals surface area contributed by atoms with Gasteiger partial charge in [0, 0.05) is 0 Å². The van der Waals surface area contributed by atoms with Crippen LogP contribution in [0.25, 0.3) is 0 Å². The lowest BCUT2D eigenvalue weighted by atomic mass is 10.2. The quantitative estimate of drug-likeness (QED) is 0.843. The summed E-state index contributed by atoms with van der Waals surface area (Å²) < 4.78 is 1.69. The molecular weight excluding hydrogens is 272 g/mol. The maximum Gasteiger partial charge on any atom is 0.107 e. The van der Waals surface area contributed by atoms with Crippen molar-refractivity contribution in [1.82, 2.24) is 4.98 Å². The summed E-state index contributed by atoms with van der Waals surface area (Å²) in [5, 5.41) is 0. The third-order valence-corrected chi connectivity index (χ3v) is 2.07. The third-order valence-electron chi connectivity index (χ3n) is 1.26. The number of nitrogens with two attached hydrogens (primary N) is 1. The molecule has 0 aromatic carbocycles. The molecule has 1 heterocycles. The minimum absolute atomic E-state index is 0.670. The number of hydrogen-bond donors (Lipinski definition) is 1. The maximum atomic E-state index is 5.41. The van der Waals surface area contributed by atoms with Crippen LogP contribution in [0.1, 0.15) is 5.56 Å². The molecule has 2 nitrogen and oxygen atoms in total. The fraction of sp³-hybridized carbons (Fsp3) is 0.286. The van der Waals surface area contributed by atoms with E-state index in [-0.39, 0.29) is 0 Å². The number of hydrogen-bond acceptors (Lipinski definition) is 2. The summed E-state index contributed by atoms with van der Waals surface area (Å²) in [5.41, 5.74) is 6.61. The largest absolute Gasteiger partial charge is 0.330 e. The van der Waals surface area contributed by atoms with E-state index in [4.69, 9.17) is 5.73 Å². The number of rotatable bonds is 2. The van der Waals surface area contributed by atoms with Gasteiger partial charge in [-0.25, -0.2) is 4.98 Å². The molecule has 0 aliphatic rings. The van der Waals surface area contributed by atoms with Crippen molar-refractivity contribution in [2.45, 2.75) is 6.42 Å². The highest BCUT2D eigenvalue weighted by Crippen LogP contribution is 2.15. The second-order valence-electron chi connectivity index (χ2n) is 2.16. The van der Waals surface area contributed by atoms with Crippen LogP contribution in [0.2, 0.25) is 0 Å². The summed E-state index contributed by atoms with van der Waals surface area (Å²) in [6.45, 7) is 0.670. The molecule has 1 aromatic heterocycles. The van der Waals surface area contributed by atoms with E-state index in [9.17, 15) is 0 Å². The van der Waals surface area contributed by atoms with Gasteiger partial charge in [-0.15, -0.1) is 0 Å². The highest BCUT2D eigenvalue weighted by atomic mass is 79.9. The summed E-state index contributed by atoms with van der Waals surface area (Å²) in [6.07, 6.45) is 0.889. The molecule has 0 saturated heterocycles. The van der Waals surface area contributed by atoms with Crippen molar-refractivity contribution >= 4 is 31.9 Å². The van der Waals surface area contributed by atoms with Crippen LogP contribution in [-0.4, -0.2) is 11.5 Å². The van der Waals surface area contributed by atoms with Gasteiger partial charge >= 0.3 is 0 Å². The Hall–Kier alpha value is 0.0700. The van der Waals surface area contributed by atoms with Crippen LogP contribution in [0.15, 0.2) is 21.3 Å². The van der Waals surface area contributed by atoms with Crippen LogP contribution < -0.4 is 5.73 Å². The van der Waals surface area contributed by atoms with E-state index in [2.05, 4.69) is 36.8 Å². The van der Waals surface area contributed by atoms with E-state index >= 15 is 0 Å². The molecule has 0 atom stereocenters. The van der Waals surface area contributed by atoms with Gasteiger partial charge in [-0.3, -0.25) is 0 Å². The Balaban J connectivity index is 2.89. The van der Waals surface area contributed by atoms with Crippen molar-refractivity contribution < 1.29 is 0 Å². The summed E-state index contributed by atoms with van der Waals surface area (Å²) >= 11 is 6.60. The molecule has 1 aromatic rings. The van der Waals surface area contributed by atoms with E-state index in [0.29, 0.717) is 6.54 Å². The molecule has 2 N–H and O–H groups in total. The predicted molar refractivity (Wildman–Crippen MR) is 52.4 cm³/mol. The Kier molecular flexibility index (Phi) is 3.48. The van der Waals surface area contributed by atoms with Crippen LogP contribution in [0.4, 0.5) is 0 Å². The van der Waals surface area contributed by atoms with Crippen molar-refractivity contribution in [2.24, 2.45) is 5.73 Å². The molecule has 60 valence electrons. The second-order valence-corrected chi connectivity index (χ2v) is 3.78. The minimum atomic E-state index is 0.670. The molecule has 0 unspecified atom stereocenters. The Morgan fingerprint density at radius 3 is 2.27 bits per heavy atom. The van der Waals surface area contributed by atoms with Crippen LogP contribution >= 0.6 is 31.9 Å². The van der Waals surface area contributed by atoms with Crippen LogP contribution in [0.3, 0.4) is 0 Å². The lowest BCUT2D eigenvalue weighted by Gasteiger charge is -1.99. The number of nitrogens with zero attached hydrogens (tertiary/aromatic N) is 1. The van der Waals surface area contributed by atoms with Crippen molar-refractivity contribution in [3.63, 3.8) is 0 Å². The summed E-state index contributed by atoms with van der Waals surface area (Å²) in [4.78, 5) is 4.11. The first-order valence-corrected chi connectivity index (χ1v) is 4.83. The molecule has 1 rings (SSSR count). The number of halogens is 2. The van der Waals surface area contributed by atoms with Gasteiger partial charge in [-0.2, -0.15) is 0 Å². The highest BCUT2D eigenvalue weighted by Gasteiger charge is 1.96. The molecule has 0 bridgehead atoms. The first-order chi connectivity index (χ1) is 5.22. The zero-order chi connectivity index (χ0) is 8.27. The lowest BCUT2D eigenvalue weighted by Crippen LogP contribution is -2.02. The molecule has 4 heteroatoms. The predicted octanol–water partition coefficient (Wildman–Crippen LogP) is 2.11. The zero-order valence-electron chi connectivity index (χ0n) is 5.85.